The van der Waals surface area contributed by atoms with Crippen LogP contribution in [0.5, 0.6) is 0 Å². The lowest BCUT2D eigenvalue weighted by molar-refractivity contribution is -0.137. The van der Waals surface area contributed by atoms with Crippen molar-refractivity contribution in [3.8, 4) is 21.3 Å². The van der Waals surface area contributed by atoms with Crippen LogP contribution in [-0.4, -0.2) is 54.6 Å². The summed E-state index contributed by atoms with van der Waals surface area (Å²) in [6.45, 7) is 12.7. The van der Waals surface area contributed by atoms with Gasteiger partial charge in [-0.25, -0.2) is 9.97 Å². The highest BCUT2D eigenvalue weighted by molar-refractivity contribution is 7.15. The summed E-state index contributed by atoms with van der Waals surface area (Å²) in [5.74, 6) is 2.18. The van der Waals surface area contributed by atoms with Crippen molar-refractivity contribution in [3.05, 3.63) is 114 Å². The second kappa shape index (κ2) is 24.1. The molecular formula is C54H64Cl2N4O7S2. The molecule has 0 spiro atoms. The molecule has 0 aliphatic heterocycles. The highest BCUT2D eigenvalue weighted by Crippen LogP contribution is 2.51. The Hall–Kier alpha value is -4.53. The Labute approximate surface area is 423 Å². The molecule has 2 aliphatic rings. The summed E-state index contributed by atoms with van der Waals surface area (Å²) in [4.78, 5) is 48.7. The van der Waals surface area contributed by atoms with Crippen molar-refractivity contribution in [2.75, 3.05) is 6.61 Å². The van der Waals surface area contributed by atoms with Gasteiger partial charge in [0.1, 0.15) is 11.6 Å². The van der Waals surface area contributed by atoms with Crippen molar-refractivity contribution in [2.24, 2.45) is 11.8 Å². The number of carboxylic acid groups (broad SMARTS) is 1. The van der Waals surface area contributed by atoms with Crippen LogP contribution in [0.1, 0.15) is 170 Å². The van der Waals surface area contributed by atoms with Gasteiger partial charge in [0.2, 0.25) is 0 Å². The fraction of sp³-hybridized carbons (Fsp3) is 0.500. The van der Waals surface area contributed by atoms with Gasteiger partial charge in [0.05, 0.1) is 31.2 Å². The fourth-order valence-electron chi connectivity index (χ4n) is 8.83. The topological polar surface area (TPSA) is 170 Å². The Morgan fingerprint density at radius 3 is 1.51 bits per heavy atom. The molecule has 2 atom stereocenters. The summed E-state index contributed by atoms with van der Waals surface area (Å²) >= 11 is 16.0. The van der Waals surface area contributed by atoms with Gasteiger partial charge in [0, 0.05) is 97.0 Å². The monoisotopic (exact) mass is 1010 g/mol. The third kappa shape index (κ3) is 14.5. The number of benzene rings is 2. The first-order valence-electron chi connectivity index (χ1n) is 24.3. The van der Waals surface area contributed by atoms with E-state index < -0.39 is 5.97 Å². The number of aryl methyl sites for hydroxylation is 2. The number of carboxylic acids is 1. The number of hydrogen-bond acceptors (Lipinski definition) is 12. The van der Waals surface area contributed by atoms with Crippen LogP contribution >= 0.6 is 45.9 Å². The predicted molar refractivity (Wildman–Crippen MR) is 274 cm³/mol. The standard InChI is InChI=1S/C27H31ClN2O4S.C27H33ClN2O3S/c1-15(2)10-23-29-14-22(35-23)27-25(17-6-7-17)26(30-34-27)19(8-9-24(32)33)13-20(31)12-18-5-4-16(3)11-21(18)28;1-16(2)11-24-29-15-23(34-24)27-25(18-8-9-18)26(30-33-27)20(5-4-10-31)14-21(32)13-19-7-6-17(3)12-22(19)28/h4-5,11,14-15,17,19H,6-10,12-13H2,1-3H3,(H,32,33);6-7,12,15-16,18,20,31H,4-5,8-11,13-14H2,1-3H3/t19-;20-/m00/s1. The molecule has 0 bridgehead atoms. The third-order valence-electron chi connectivity index (χ3n) is 12.5. The van der Waals surface area contributed by atoms with E-state index in [4.69, 9.17) is 32.2 Å². The minimum absolute atomic E-state index is 0.00875. The molecule has 0 unspecified atom stereocenters. The number of thiazole rings is 2. The van der Waals surface area contributed by atoms with Gasteiger partial charge in [0.25, 0.3) is 0 Å². The summed E-state index contributed by atoms with van der Waals surface area (Å²) in [6, 6.07) is 11.5. The van der Waals surface area contributed by atoms with Gasteiger partial charge < -0.3 is 19.3 Å². The average Bonchev–Trinajstić information content (AvgIpc) is 4.09. The minimum Gasteiger partial charge on any atom is -0.481 e. The molecule has 8 rings (SSSR count). The summed E-state index contributed by atoms with van der Waals surface area (Å²) in [6.07, 6.45) is 12.6. The van der Waals surface area contributed by atoms with E-state index in [-0.39, 0.29) is 49.3 Å². The predicted octanol–water partition coefficient (Wildman–Crippen LogP) is 13.9. The zero-order valence-corrected chi connectivity index (χ0v) is 43.6. The van der Waals surface area contributed by atoms with Gasteiger partial charge in [0.15, 0.2) is 11.5 Å². The van der Waals surface area contributed by atoms with E-state index in [1.807, 2.05) is 62.6 Å². The first-order chi connectivity index (χ1) is 33.1. The number of ketones is 2. The van der Waals surface area contributed by atoms with Crippen LogP contribution in [-0.2, 0) is 40.1 Å². The molecule has 4 aromatic heterocycles. The zero-order valence-electron chi connectivity index (χ0n) is 40.5. The van der Waals surface area contributed by atoms with Crippen molar-refractivity contribution >= 4 is 63.4 Å². The molecule has 4 heterocycles. The van der Waals surface area contributed by atoms with Crippen LogP contribution < -0.4 is 0 Å². The Bertz CT molecular complexity index is 2710. The quantitative estimate of drug-likeness (QED) is 0.0591. The van der Waals surface area contributed by atoms with E-state index in [1.165, 1.54) is 0 Å². The van der Waals surface area contributed by atoms with Gasteiger partial charge in [-0.3, -0.25) is 14.4 Å². The van der Waals surface area contributed by atoms with Gasteiger partial charge in [-0.2, -0.15) is 0 Å². The van der Waals surface area contributed by atoms with E-state index in [2.05, 4.69) is 48.0 Å². The van der Waals surface area contributed by atoms with Crippen molar-refractivity contribution in [1.29, 1.82) is 0 Å². The number of aliphatic hydroxyl groups excluding tert-OH is 1. The number of carbonyl (C=O) groups excluding carboxylic acids is 2. The average molecular weight is 1020 g/mol. The Morgan fingerprint density at radius 1 is 0.696 bits per heavy atom. The molecule has 69 heavy (non-hydrogen) atoms. The van der Waals surface area contributed by atoms with Crippen molar-refractivity contribution < 1.29 is 33.6 Å². The normalized spacial score (nSPS) is 14.5. The summed E-state index contributed by atoms with van der Waals surface area (Å²) in [5, 5.41) is 31.1. The second-order valence-corrected chi connectivity index (χ2v) is 22.9. The largest absolute Gasteiger partial charge is 0.481 e. The zero-order chi connectivity index (χ0) is 49.4. The Morgan fingerprint density at radius 2 is 1.13 bits per heavy atom. The van der Waals surface area contributed by atoms with E-state index in [0.29, 0.717) is 65.8 Å². The first kappa shape index (κ1) is 52.3. The van der Waals surface area contributed by atoms with Crippen LogP contribution in [0.15, 0.2) is 57.8 Å². The maximum Gasteiger partial charge on any atom is 0.303 e. The van der Waals surface area contributed by atoms with Crippen molar-refractivity contribution in [1.82, 2.24) is 20.3 Å². The molecule has 368 valence electrons. The fourth-order valence-corrected chi connectivity index (χ4v) is 11.7. The maximum atomic E-state index is 13.1. The molecule has 2 aromatic carbocycles. The molecule has 6 aromatic rings. The van der Waals surface area contributed by atoms with Gasteiger partial charge in [-0.05, 0) is 117 Å². The number of nitrogens with zero attached hydrogens (tertiary/aromatic N) is 4. The number of hydrogen-bond donors (Lipinski definition) is 2. The van der Waals surface area contributed by atoms with Crippen LogP contribution in [0.25, 0.3) is 21.3 Å². The van der Waals surface area contributed by atoms with Gasteiger partial charge in [-0.1, -0.05) is 85.5 Å². The van der Waals surface area contributed by atoms with Crippen LogP contribution in [0, 0.1) is 25.7 Å². The van der Waals surface area contributed by atoms with Crippen LogP contribution in [0.2, 0.25) is 10.0 Å². The highest BCUT2D eigenvalue weighted by Gasteiger charge is 2.38. The molecule has 0 saturated heterocycles. The minimum atomic E-state index is -0.887. The number of carbonyl (C=O) groups is 3. The lowest BCUT2D eigenvalue weighted by Gasteiger charge is -2.15. The third-order valence-corrected chi connectivity index (χ3v) is 15.3. The van der Waals surface area contributed by atoms with E-state index in [9.17, 15) is 24.6 Å². The number of aliphatic hydroxyl groups is 1. The van der Waals surface area contributed by atoms with Crippen LogP contribution in [0.4, 0.5) is 0 Å². The maximum absolute atomic E-state index is 13.1. The Balaban J connectivity index is 0.000000204. The second-order valence-electron chi connectivity index (χ2n) is 19.8. The van der Waals surface area contributed by atoms with E-state index in [1.54, 1.807) is 22.7 Å². The van der Waals surface area contributed by atoms with E-state index in [0.717, 1.165) is 115 Å². The summed E-state index contributed by atoms with van der Waals surface area (Å²) in [5.41, 5.74) is 7.53. The lowest BCUT2D eigenvalue weighted by atomic mass is 9.88. The van der Waals surface area contributed by atoms with Crippen molar-refractivity contribution in [3.63, 3.8) is 0 Å². The van der Waals surface area contributed by atoms with Gasteiger partial charge >= 0.3 is 5.97 Å². The first-order valence-corrected chi connectivity index (χ1v) is 26.7. The number of aliphatic carboxylic acids is 1. The number of halogens is 2. The molecule has 15 heteroatoms. The smallest absolute Gasteiger partial charge is 0.303 e. The summed E-state index contributed by atoms with van der Waals surface area (Å²) in [7, 11) is 0. The summed E-state index contributed by atoms with van der Waals surface area (Å²) < 4.78 is 11.8. The van der Waals surface area contributed by atoms with Crippen LogP contribution in [0.3, 0.4) is 0 Å². The SMILES string of the molecule is Cc1ccc(CC(=O)C[C@H](CCC(=O)O)c2noc(-c3cnc(CC(C)C)s3)c2C2CC2)c(Cl)c1.Cc1ccc(CC(=O)C[C@H](CCCO)c2noc(-c3cnc(CC(C)C)s3)c2C2CC2)c(Cl)c1. The Kier molecular flexibility index (Phi) is 18.2. The van der Waals surface area contributed by atoms with Crippen molar-refractivity contribution in [2.45, 2.75) is 155 Å². The number of Topliss-reactive ketones (excluding diaryl/α,β-unsaturated/α-hetero) is 2. The molecule has 11 nitrogen and oxygen atoms in total. The molecule has 2 fully saturated rings. The van der Waals surface area contributed by atoms with E-state index >= 15 is 0 Å². The highest BCUT2D eigenvalue weighted by atomic mass is 35.5. The number of rotatable bonds is 24. The lowest BCUT2D eigenvalue weighted by Crippen LogP contribution is -2.13. The molecular weight excluding hydrogens is 952 g/mol. The molecule has 0 amide bonds. The molecule has 2 aliphatic carbocycles. The van der Waals surface area contributed by atoms with Gasteiger partial charge in [-0.15, -0.1) is 22.7 Å². The number of aromatic nitrogens is 4. The molecule has 0 radical (unpaired) electrons. The molecule has 2 saturated carbocycles. The molecule has 2 N–H and O–H groups in total.